The van der Waals surface area contributed by atoms with Crippen LogP contribution in [-0.4, -0.2) is 14.7 Å². The van der Waals surface area contributed by atoms with Crippen LogP contribution in [-0.2, 0) is 21.2 Å². The second kappa shape index (κ2) is 4.54. The number of halogens is 1. The van der Waals surface area contributed by atoms with Gasteiger partial charge < -0.3 is 4.79 Å². The smallest absolute Gasteiger partial charge is 0.238 e. The summed E-state index contributed by atoms with van der Waals surface area (Å²) in [7, 11) is -3.91. The van der Waals surface area contributed by atoms with Gasteiger partial charge in [-0.3, -0.25) is 0 Å². The molecule has 0 heterocycles. The van der Waals surface area contributed by atoms with Crippen LogP contribution in [0.5, 0.6) is 0 Å². The Bertz CT molecular complexity index is 538. The molecule has 2 N–H and O–H groups in total. The molecule has 1 aromatic carbocycles. The monoisotopic (exact) mass is 259 g/mol. The van der Waals surface area contributed by atoms with Crippen LogP contribution in [0.3, 0.4) is 0 Å². The van der Waals surface area contributed by atoms with Crippen LogP contribution >= 0.6 is 0 Å². The Kier molecular flexibility index (Phi) is 3.68. The van der Waals surface area contributed by atoms with Gasteiger partial charge in [-0.05, 0) is 30.2 Å². The fraction of sp³-hybridized carbons (Fsp3) is 0.364. The number of benzene rings is 1. The van der Waals surface area contributed by atoms with Gasteiger partial charge >= 0.3 is 0 Å². The maximum absolute atomic E-state index is 13.1. The lowest BCUT2D eigenvalue weighted by Gasteiger charge is -2.18. The molecule has 0 aliphatic rings. The highest BCUT2D eigenvalue weighted by Gasteiger charge is 2.22. The molecular weight excluding hydrogens is 245 g/mol. The first-order valence-electron chi connectivity index (χ1n) is 4.93. The summed E-state index contributed by atoms with van der Waals surface area (Å²) in [6.07, 6.45) is 0.810. The lowest BCUT2D eigenvalue weighted by atomic mass is 9.87. The first-order chi connectivity index (χ1) is 7.65. The molecule has 0 saturated heterocycles. The van der Waals surface area contributed by atoms with Crippen LogP contribution < -0.4 is 5.14 Å². The third-order valence-corrected chi connectivity index (χ3v) is 3.31. The van der Waals surface area contributed by atoms with Gasteiger partial charge in [0, 0.05) is 5.41 Å². The highest BCUT2D eigenvalue weighted by molar-refractivity contribution is 7.89. The van der Waals surface area contributed by atoms with Gasteiger partial charge in [0.25, 0.3) is 0 Å². The number of carbonyl (C=O) groups is 1. The number of carbonyl (C=O) groups excluding carboxylic acids is 1. The predicted octanol–water partition coefficient (Wildman–Crippen LogP) is 1.24. The van der Waals surface area contributed by atoms with Crippen LogP contribution in [0.25, 0.3) is 0 Å². The van der Waals surface area contributed by atoms with E-state index in [2.05, 4.69) is 0 Å². The summed E-state index contributed by atoms with van der Waals surface area (Å²) < 4.78 is 35.7. The lowest BCUT2D eigenvalue weighted by molar-refractivity contribution is -0.114. The van der Waals surface area contributed by atoms with Crippen molar-refractivity contribution in [2.45, 2.75) is 25.2 Å². The van der Waals surface area contributed by atoms with Crippen molar-refractivity contribution in [3.05, 3.63) is 29.6 Å². The number of rotatable bonds is 4. The Morgan fingerprint density at radius 1 is 1.41 bits per heavy atom. The molecular formula is C11H14FNO3S. The molecule has 0 radical (unpaired) electrons. The van der Waals surface area contributed by atoms with E-state index in [1.165, 1.54) is 0 Å². The maximum Gasteiger partial charge on any atom is 0.238 e. The van der Waals surface area contributed by atoms with Gasteiger partial charge in [0.05, 0.1) is 4.90 Å². The summed E-state index contributed by atoms with van der Waals surface area (Å²) in [4.78, 5) is 10.7. The highest BCUT2D eigenvalue weighted by atomic mass is 32.2. The quantitative estimate of drug-likeness (QED) is 0.826. The minimum absolute atomic E-state index is 0.111. The second-order valence-corrected chi connectivity index (χ2v) is 6.11. The number of hydrogen-bond acceptors (Lipinski definition) is 3. The molecule has 4 nitrogen and oxygen atoms in total. The molecule has 0 fully saturated rings. The first kappa shape index (κ1) is 13.8. The van der Waals surface area contributed by atoms with Gasteiger partial charge in [-0.25, -0.2) is 17.9 Å². The Morgan fingerprint density at radius 2 is 2.00 bits per heavy atom. The van der Waals surface area contributed by atoms with Crippen molar-refractivity contribution in [2.24, 2.45) is 10.6 Å². The molecule has 0 unspecified atom stereocenters. The number of sulfonamides is 1. The average Bonchev–Trinajstić information content (AvgIpc) is 2.15. The zero-order valence-electron chi connectivity index (χ0n) is 9.60. The summed E-state index contributed by atoms with van der Waals surface area (Å²) >= 11 is 0. The molecule has 1 aromatic rings. The van der Waals surface area contributed by atoms with E-state index in [1.54, 1.807) is 13.8 Å². The Hall–Kier alpha value is -1.27. The van der Waals surface area contributed by atoms with Crippen molar-refractivity contribution in [1.82, 2.24) is 0 Å². The summed E-state index contributed by atoms with van der Waals surface area (Å²) in [6, 6.07) is 3.23. The van der Waals surface area contributed by atoms with Crippen molar-refractivity contribution >= 4 is 16.3 Å². The normalized spacial score (nSPS) is 12.5. The Balaban J connectivity index is 3.31. The third-order valence-electron chi connectivity index (χ3n) is 2.29. The van der Waals surface area contributed by atoms with Crippen LogP contribution in [0, 0.1) is 11.2 Å². The molecule has 0 aliphatic carbocycles. The molecule has 1 rings (SSSR count). The van der Waals surface area contributed by atoms with Gasteiger partial charge in [-0.1, -0.05) is 13.8 Å². The molecule has 94 valence electrons. The Labute approximate surface area is 99.7 Å². The standard InChI is InChI=1S/C11H14FNO3S/c1-11(2,7-14)6-8-5-9(12)3-4-10(8)17(13,15)16/h3-5,7H,6H2,1-2H3,(H2,13,15,16). The zero-order valence-corrected chi connectivity index (χ0v) is 10.4. The SMILES string of the molecule is CC(C)(C=O)Cc1cc(F)ccc1S(N)(=O)=O. The van der Waals surface area contributed by atoms with E-state index in [0.29, 0.717) is 6.29 Å². The zero-order chi connectivity index (χ0) is 13.3. The van der Waals surface area contributed by atoms with Gasteiger partial charge in [0.1, 0.15) is 12.1 Å². The van der Waals surface area contributed by atoms with E-state index in [-0.39, 0.29) is 16.9 Å². The number of hydrogen-bond donors (Lipinski definition) is 1. The van der Waals surface area contributed by atoms with Crippen LogP contribution in [0.4, 0.5) is 4.39 Å². The third kappa shape index (κ3) is 3.61. The summed E-state index contributed by atoms with van der Waals surface area (Å²) in [5, 5.41) is 5.03. The molecule has 0 bridgehead atoms. The van der Waals surface area contributed by atoms with E-state index in [4.69, 9.17) is 5.14 Å². The average molecular weight is 259 g/mol. The van der Waals surface area contributed by atoms with E-state index >= 15 is 0 Å². The minimum atomic E-state index is -3.91. The van der Waals surface area contributed by atoms with Gasteiger partial charge in [0.2, 0.25) is 10.0 Å². The van der Waals surface area contributed by atoms with Crippen molar-refractivity contribution in [2.75, 3.05) is 0 Å². The lowest BCUT2D eigenvalue weighted by Crippen LogP contribution is -2.21. The molecule has 0 spiro atoms. The number of aldehydes is 1. The Morgan fingerprint density at radius 3 is 2.47 bits per heavy atom. The van der Waals surface area contributed by atoms with Gasteiger partial charge in [0.15, 0.2) is 0 Å². The van der Waals surface area contributed by atoms with Crippen LogP contribution in [0.15, 0.2) is 23.1 Å². The summed E-state index contributed by atoms with van der Waals surface area (Å²) in [5.41, 5.74) is -0.558. The van der Waals surface area contributed by atoms with Crippen LogP contribution in [0.1, 0.15) is 19.4 Å². The summed E-state index contributed by atoms with van der Waals surface area (Å²) in [6.45, 7) is 3.27. The molecule has 0 aromatic heterocycles. The van der Waals surface area contributed by atoms with Crippen molar-refractivity contribution < 1.29 is 17.6 Å². The van der Waals surface area contributed by atoms with E-state index < -0.39 is 21.3 Å². The summed E-state index contributed by atoms with van der Waals surface area (Å²) in [5.74, 6) is -0.561. The van der Waals surface area contributed by atoms with E-state index in [9.17, 15) is 17.6 Å². The molecule has 0 atom stereocenters. The molecule has 0 amide bonds. The fourth-order valence-corrected chi connectivity index (χ4v) is 2.25. The van der Waals surface area contributed by atoms with E-state index in [0.717, 1.165) is 18.2 Å². The largest absolute Gasteiger partial charge is 0.303 e. The van der Waals surface area contributed by atoms with Gasteiger partial charge in [-0.2, -0.15) is 0 Å². The number of nitrogens with two attached hydrogens (primary N) is 1. The molecule has 17 heavy (non-hydrogen) atoms. The predicted molar refractivity (Wildman–Crippen MR) is 61.3 cm³/mol. The van der Waals surface area contributed by atoms with Crippen molar-refractivity contribution in [3.63, 3.8) is 0 Å². The molecule has 0 aliphatic heterocycles. The van der Waals surface area contributed by atoms with Gasteiger partial charge in [-0.15, -0.1) is 0 Å². The number of primary sulfonamides is 1. The van der Waals surface area contributed by atoms with Crippen molar-refractivity contribution in [1.29, 1.82) is 0 Å². The first-order valence-corrected chi connectivity index (χ1v) is 6.48. The second-order valence-electron chi connectivity index (χ2n) is 4.58. The van der Waals surface area contributed by atoms with E-state index in [1.807, 2.05) is 0 Å². The molecule has 0 saturated carbocycles. The minimum Gasteiger partial charge on any atom is -0.303 e. The van der Waals surface area contributed by atoms with Crippen molar-refractivity contribution in [3.8, 4) is 0 Å². The highest BCUT2D eigenvalue weighted by Crippen LogP contribution is 2.24. The maximum atomic E-state index is 13.1. The van der Waals surface area contributed by atoms with Crippen LogP contribution in [0.2, 0.25) is 0 Å². The fourth-order valence-electron chi connectivity index (χ4n) is 1.50. The molecule has 6 heteroatoms. The topological polar surface area (TPSA) is 77.2 Å².